The zero-order valence-corrected chi connectivity index (χ0v) is 20.7. The van der Waals surface area contributed by atoms with Gasteiger partial charge in [0.15, 0.2) is 0 Å². The molecule has 1 N–H and O–H groups in total. The molecule has 182 valence electrons. The highest BCUT2D eigenvalue weighted by Gasteiger charge is 2.66. The van der Waals surface area contributed by atoms with Crippen molar-refractivity contribution in [3.63, 3.8) is 0 Å². The third-order valence-electron chi connectivity index (χ3n) is 11.2. The second-order valence-electron chi connectivity index (χ2n) is 12.4. The Bertz CT molecular complexity index is 873. The number of fused-ring (bicyclic) bond motifs is 5. The molecule has 4 fully saturated rings. The minimum absolute atomic E-state index is 0.0460. The third kappa shape index (κ3) is 3.42. The molecule has 1 saturated heterocycles. The van der Waals surface area contributed by atoms with E-state index in [4.69, 9.17) is 9.15 Å². The first-order valence-electron chi connectivity index (χ1n) is 13.7. The zero-order valence-electron chi connectivity index (χ0n) is 20.7. The predicted molar refractivity (Wildman–Crippen MR) is 130 cm³/mol. The molecule has 33 heavy (non-hydrogen) atoms. The maximum atomic E-state index is 12.3. The van der Waals surface area contributed by atoms with E-state index < -0.39 is 5.60 Å². The molecule has 4 heteroatoms. The SMILES string of the molecule is C[C@]12CC[C@H](OCCN3CCCC3)CC1=CC[C@@H]1[C@@H]2CC[C@]2(C)[C@@H](c3ccoc3)CC[C@]12O. The van der Waals surface area contributed by atoms with Gasteiger partial charge in [-0.3, -0.25) is 0 Å². The highest BCUT2D eigenvalue weighted by atomic mass is 16.5. The summed E-state index contributed by atoms with van der Waals surface area (Å²) in [5.41, 5.74) is 2.55. The smallest absolute Gasteiger partial charge is 0.0937 e. The molecule has 0 bridgehead atoms. The normalized spacial score (nSPS) is 45.4. The van der Waals surface area contributed by atoms with Gasteiger partial charge in [0.25, 0.3) is 0 Å². The van der Waals surface area contributed by atoms with E-state index in [1.165, 1.54) is 50.8 Å². The van der Waals surface area contributed by atoms with Crippen molar-refractivity contribution in [3.05, 3.63) is 35.8 Å². The van der Waals surface area contributed by atoms with Crippen LogP contribution >= 0.6 is 0 Å². The summed E-state index contributed by atoms with van der Waals surface area (Å²) in [6.07, 6.45) is 18.2. The maximum Gasteiger partial charge on any atom is 0.0937 e. The van der Waals surface area contributed by atoms with Gasteiger partial charge in [-0.1, -0.05) is 25.5 Å². The fourth-order valence-corrected chi connectivity index (χ4v) is 9.10. The molecule has 0 unspecified atom stereocenters. The number of furan rings is 1. The minimum Gasteiger partial charge on any atom is -0.472 e. The van der Waals surface area contributed by atoms with Crippen LogP contribution in [0.3, 0.4) is 0 Å². The highest BCUT2D eigenvalue weighted by Crippen LogP contribution is 2.69. The van der Waals surface area contributed by atoms with E-state index in [-0.39, 0.29) is 10.8 Å². The Balaban J connectivity index is 1.17. The van der Waals surface area contributed by atoms with Crippen molar-refractivity contribution in [2.24, 2.45) is 22.7 Å². The Morgan fingerprint density at radius 2 is 1.94 bits per heavy atom. The van der Waals surface area contributed by atoms with Gasteiger partial charge in [0.1, 0.15) is 0 Å². The fraction of sp³-hybridized carbons (Fsp3) is 0.793. The Kier molecular flexibility index (Phi) is 5.59. The molecule has 1 aromatic rings. The van der Waals surface area contributed by atoms with Gasteiger partial charge in [0.2, 0.25) is 0 Å². The van der Waals surface area contributed by atoms with Crippen LogP contribution in [0.2, 0.25) is 0 Å². The summed E-state index contributed by atoms with van der Waals surface area (Å²) in [5.74, 6) is 1.40. The fourth-order valence-electron chi connectivity index (χ4n) is 9.10. The van der Waals surface area contributed by atoms with Gasteiger partial charge >= 0.3 is 0 Å². The number of allylic oxidation sites excluding steroid dienone is 1. The van der Waals surface area contributed by atoms with Crippen molar-refractivity contribution in [2.75, 3.05) is 26.2 Å². The number of aliphatic hydroxyl groups is 1. The molecule has 0 amide bonds. The molecule has 4 aliphatic carbocycles. The lowest BCUT2D eigenvalue weighted by Crippen LogP contribution is -2.60. The van der Waals surface area contributed by atoms with E-state index >= 15 is 0 Å². The highest BCUT2D eigenvalue weighted by molar-refractivity contribution is 5.31. The molecule has 1 aromatic heterocycles. The number of likely N-dealkylation sites (tertiary alicyclic amines) is 1. The van der Waals surface area contributed by atoms with Gasteiger partial charge in [-0.05, 0) is 112 Å². The first kappa shape index (κ1) is 22.4. The number of hydrogen-bond acceptors (Lipinski definition) is 4. The summed E-state index contributed by atoms with van der Waals surface area (Å²) in [6, 6.07) is 2.12. The predicted octanol–water partition coefficient (Wildman–Crippen LogP) is 5.92. The lowest BCUT2D eigenvalue weighted by atomic mass is 9.45. The Morgan fingerprint density at radius 1 is 1.09 bits per heavy atom. The van der Waals surface area contributed by atoms with Crippen molar-refractivity contribution >= 4 is 0 Å². The van der Waals surface area contributed by atoms with Gasteiger partial charge in [-0.25, -0.2) is 0 Å². The van der Waals surface area contributed by atoms with Crippen LogP contribution < -0.4 is 0 Å². The molecule has 4 nitrogen and oxygen atoms in total. The van der Waals surface area contributed by atoms with E-state index in [2.05, 4.69) is 30.9 Å². The second kappa shape index (κ2) is 8.24. The monoisotopic (exact) mass is 453 g/mol. The Morgan fingerprint density at radius 3 is 2.73 bits per heavy atom. The molecular formula is C29H43NO3. The Hall–Kier alpha value is -1.10. The second-order valence-corrected chi connectivity index (χ2v) is 12.4. The minimum atomic E-state index is -0.564. The number of hydrogen-bond donors (Lipinski definition) is 1. The number of ether oxygens (including phenoxy) is 1. The number of rotatable bonds is 5. The average molecular weight is 454 g/mol. The first-order chi connectivity index (χ1) is 15.9. The van der Waals surface area contributed by atoms with Gasteiger partial charge in [0.05, 0.1) is 30.8 Å². The molecule has 1 aliphatic heterocycles. The van der Waals surface area contributed by atoms with Crippen LogP contribution in [0, 0.1) is 22.7 Å². The molecule has 5 aliphatic rings. The lowest BCUT2D eigenvalue weighted by molar-refractivity contribution is -0.173. The van der Waals surface area contributed by atoms with E-state index in [1.807, 2.05) is 6.26 Å². The molecule has 3 saturated carbocycles. The molecule has 2 heterocycles. The molecule has 0 spiro atoms. The summed E-state index contributed by atoms with van der Waals surface area (Å²) >= 11 is 0. The topological polar surface area (TPSA) is 45.8 Å². The molecule has 6 rings (SSSR count). The summed E-state index contributed by atoms with van der Waals surface area (Å²) in [4.78, 5) is 2.55. The standard InChI is InChI=1S/C29H43NO3/c1-27-11-7-23(33-18-16-30-14-3-4-15-30)19-22(27)5-6-26-25(27)8-12-28(2)24(9-13-29(26,28)31)21-10-17-32-20-21/h5,10,17,20,23-26,31H,3-4,6-9,11-16,18-19H2,1-2H3/t23-,24+,25-,26+,27-,28+,29-/m0/s1. The molecule has 7 atom stereocenters. The average Bonchev–Trinajstić information content (AvgIpc) is 3.55. The van der Waals surface area contributed by atoms with Crippen LogP contribution in [0.4, 0.5) is 0 Å². The van der Waals surface area contributed by atoms with Crippen LogP contribution in [0.1, 0.15) is 89.5 Å². The van der Waals surface area contributed by atoms with Crippen LogP contribution in [-0.2, 0) is 4.74 Å². The van der Waals surface area contributed by atoms with E-state index in [0.29, 0.717) is 23.9 Å². The van der Waals surface area contributed by atoms with Crippen LogP contribution in [0.15, 0.2) is 34.7 Å². The van der Waals surface area contributed by atoms with Crippen LogP contribution in [0.5, 0.6) is 0 Å². The molecule has 0 radical (unpaired) electrons. The van der Waals surface area contributed by atoms with Crippen molar-refractivity contribution in [3.8, 4) is 0 Å². The van der Waals surface area contributed by atoms with Gasteiger partial charge < -0.3 is 19.2 Å². The molecule has 0 aromatic carbocycles. The van der Waals surface area contributed by atoms with Crippen LogP contribution in [0.25, 0.3) is 0 Å². The maximum absolute atomic E-state index is 12.3. The first-order valence-corrected chi connectivity index (χ1v) is 13.7. The van der Waals surface area contributed by atoms with E-state index in [0.717, 1.165) is 45.3 Å². The van der Waals surface area contributed by atoms with E-state index in [9.17, 15) is 5.11 Å². The Labute approximate surface area is 199 Å². The quantitative estimate of drug-likeness (QED) is 0.562. The molecular weight excluding hydrogens is 410 g/mol. The van der Waals surface area contributed by atoms with Gasteiger partial charge in [0, 0.05) is 12.0 Å². The summed E-state index contributed by atoms with van der Waals surface area (Å²) < 4.78 is 11.8. The number of nitrogens with zero attached hydrogens (tertiary/aromatic N) is 1. The van der Waals surface area contributed by atoms with E-state index in [1.54, 1.807) is 11.8 Å². The van der Waals surface area contributed by atoms with Crippen molar-refractivity contribution in [1.82, 2.24) is 4.90 Å². The van der Waals surface area contributed by atoms with Gasteiger partial charge in [-0.15, -0.1) is 0 Å². The van der Waals surface area contributed by atoms with Crippen molar-refractivity contribution in [1.29, 1.82) is 0 Å². The van der Waals surface area contributed by atoms with Crippen LogP contribution in [-0.4, -0.2) is 48.0 Å². The summed E-state index contributed by atoms with van der Waals surface area (Å²) in [6.45, 7) is 9.38. The zero-order chi connectivity index (χ0) is 22.7. The van der Waals surface area contributed by atoms with Crippen molar-refractivity contribution < 1.29 is 14.3 Å². The third-order valence-corrected chi connectivity index (χ3v) is 11.2. The summed E-state index contributed by atoms with van der Waals surface area (Å²) in [5, 5.41) is 12.3. The summed E-state index contributed by atoms with van der Waals surface area (Å²) in [7, 11) is 0. The van der Waals surface area contributed by atoms with Gasteiger partial charge in [-0.2, -0.15) is 0 Å². The van der Waals surface area contributed by atoms with Crippen molar-refractivity contribution in [2.45, 2.75) is 95.7 Å². The largest absolute Gasteiger partial charge is 0.472 e. The lowest BCUT2D eigenvalue weighted by Gasteiger charge is -2.61.